The Morgan fingerprint density at radius 2 is 1.85 bits per heavy atom. The van der Waals surface area contributed by atoms with E-state index in [1.807, 2.05) is 11.8 Å². The van der Waals surface area contributed by atoms with Crippen LogP contribution in [0.25, 0.3) is 21.6 Å². The van der Waals surface area contributed by atoms with Gasteiger partial charge >= 0.3 is 6.18 Å². The van der Waals surface area contributed by atoms with E-state index in [0.29, 0.717) is 70.4 Å². The van der Waals surface area contributed by atoms with Crippen molar-refractivity contribution in [2.24, 2.45) is 0 Å². The molecule has 2 saturated heterocycles. The Labute approximate surface area is 226 Å². The molecule has 39 heavy (non-hydrogen) atoms. The quantitative estimate of drug-likeness (QED) is 0.472. The summed E-state index contributed by atoms with van der Waals surface area (Å²) < 4.78 is 47.9. The summed E-state index contributed by atoms with van der Waals surface area (Å²) in [5.74, 6) is -0.329. The van der Waals surface area contributed by atoms with Crippen molar-refractivity contribution in [1.29, 1.82) is 0 Å². The van der Waals surface area contributed by atoms with Crippen molar-refractivity contribution in [2.75, 3.05) is 63.1 Å². The molecule has 210 valence electrons. The maximum Gasteiger partial charge on any atom is 0.434 e. The van der Waals surface area contributed by atoms with Crippen molar-refractivity contribution >= 4 is 39.2 Å². The Kier molecular flexibility index (Phi) is 7.59. The molecule has 0 saturated carbocycles. The third kappa shape index (κ3) is 5.62. The van der Waals surface area contributed by atoms with Crippen LogP contribution in [-0.2, 0) is 22.3 Å². The number of ether oxygens (including phenoxy) is 1. The molecule has 0 aromatic carbocycles. The Balaban J connectivity index is 1.53. The van der Waals surface area contributed by atoms with Crippen molar-refractivity contribution in [3.63, 3.8) is 0 Å². The monoisotopic (exact) mass is 566 g/mol. The van der Waals surface area contributed by atoms with Gasteiger partial charge in [-0.05, 0) is 19.4 Å². The van der Waals surface area contributed by atoms with Gasteiger partial charge in [0.25, 0.3) is 5.91 Å². The summed E-state index contributed by atoms with van der Waals surface area (Å²) in [6.45, 7) is 8.30. The van der Waals surface area contributed by atoms with Crippen LogP contribution in [0.3, 0.4) is 0 Å². The van der Waals surface area contributed by atoms with E-state index >= 15 is 0 Å². The van der Waals surface area contributed by atoms with Gasteiger partial charge in [0.1, 0.15) is 6.10 Å². The van der Waals surface area contributed by atoms with Crippen LogP contribution in [0.4, 0.5) is 24.9 Å². The molecule has 3 aromatic rings. The molecule has 5 rings (SSSR count). The number of alkyl halides is 3. The number of hydrogen-bond acceptors (Lipinski definition) is 11. The minimum absolute atomic E-state index is 0.117. The molecule has 2 aliphatic heterocycles. The molecule has 3 aromatic heterocycles. The number of aromatic nitrogens is 4. The summed E-state index contributed by atoms with van der Waals surface area (Å²) in [5, 5.41) is 9.60. The van der Waals surface area contributed by atoms with E-state index in [9.17, 15) is 23.1 Å². The lowest BCUT2D eigenvalue weighted by Crippen LogP contribution is -2.50. The number of nitrogens with zero attached hydrogens (tertiary/aromatic N) is 7. The maximum atomic E-state index is 13.9. The third-order valence-corrected chi connectivity index (χ3v) is 8.14. The topological polar surface area (TPSA) is 134 Å². The Morgan fingerprint density at radius 3 is 2.49 bits per heavy atom. The number of morpholine rings is 1. The number of fused-ring (bicyclic) bond motifs is 1. The summed E-state index contributed by atoms with van der Waals surface area (Å²) in [4.78, 5) is 35.5. The number of piperazine rings is 1. The standard InChI is InChI=1S/C24H29F3N8O3S/c1-13-16(12-33-3-5-35(6-4-33)22(37)14(2)36)39-18-17(13)30-20(32-21(18)34-7-9-38-10-8-34)15-11-29-23(28)31-19(15)24(25,26)27/h11,14,36H,3-10,12H2,1-2H3,(H2,28,29,31). The molecule has 0 radical (unpaired) electrons. The van der Waals surface area contributed by atoms with E-state index in [-0.39, 0.29) is 17.3 Å². The van der Waals surface area contributed by atoms with Crippen LogP contribution in [0, 0.1) is 6.92 Å². The number of aryl methyl sites for hydroxylation is 1. The van der Waals surface area contributed by atoms with Crippen LogP contribution in [0.2, 0.25) is 0 Å². The number of amides is 1. The van der Waals surface area contributed by atoms with E-state index in [4.69, 9.17) is 10.5 Å². The van der Waals surface area contributed by atoms with Crippen LogP contribution in [0.5, 0.6) is 0 Å². The van der Waals surface area contributed by atoms with Gasteiger partial charge in [0.2, 0.25) is 5.95 Å². The highest BCUT2D eigenvalue weighted by Crippen LogP contribution is 2.40. The van der Waals surface area contributed by atoms with Crippen molar-refractivity contribution in [2.45, 2.75) is 32.7 Å². The van der Waals surface area contributed by atoms with Gasteiger partial charge < -0.3 is 25.4 Å². The number of aliphatic hydroxyl groups is 1. The van der Waals surface area contributed by atoms with Crippen molar-refractivity contribution in [1.82, 2.24) is 29.7 Å². The predicted octanol–water partition coefficient (Wildman–Crippen LogP) is 1.92. The van der Waals surface area contributed by atoms with Gasteiger partial charge in [-0.25, -0.2) is 19.9 Å². The number of anilines is 2. The van der Waals surface area contributed by atoms with E-state index in [2.05, 4.69) is 24.8 Å². The van der Waals surface area contributed by atoms with Crippen LogP contribution < -0.4 is 10.6 Å². The predicted molar refractivity (Wildman–Crippen MR) is 139 cm³/mol. The molecular formula is C24H29F3N8O3S. The van der Waals surface area contributed by atoms with E-state index in [1.165, 1.54) is 18.3 Å². The number of aliphatic hydroxyl groups excluding tert-OH is 1. The van der Waals surface area contributed by atoms with Crippen LogP contribution in [0.1, 0.15) is 23.1 Å². The highest BCUT2D eigenvalue weighted by Gasteiger charge is 2.38. The van der Waals surface area contributed by atoms with Crippen LogP contribution >= 0.6 is 11.3 Å². The number of nitrogen functional groups attached to an aromatic ring is 1. The second-order valence-corrected chi connectivity index (χ2v) is 10.7. The van der Waals surface area contributed by atoms with Gasteiger partial charge in [-0.1, -0.05) is 0 Å². The zero-order valence-corrected chi connectivity index (χ0v) is 22.3. The first-order valence-corrected chi connectivity index (χ1v) is 13.4. The number of carbonyl (C=O) groups excluding carboxylic acids is 1. The molecule has 3 N–H and O–H groups in total. The van der Waals surface area contributed by atoms with Gasteiger partial charge in [-0.3, -0.25) is 9.69 Å². The molecule has 2 aliphatic rings. The Hall–Kier alpha value is -3.14. The summed E-state index contributed by atoms with van der Waals surface area (Å²) in [6.07, 6.45) is -4.78. The molecule has 2 fully saturated rings. The van der Waals surface area contributed by atoms with Crippen molar-refractivity contribution in [3.05, 3.63) is 22.3 Å². The largest absolute Gasteiger partial charge is 0.434 e. The van der Waals surface area contributed by atoms with Crippen LogP contribution in [0.15, 0.2) is 6.20 Å². The highest BCUT2D eigenvalue weighted by atomic mass is 32.1. The second kappa shape index (κ2) is 10.8. The first-order chi connectivity index (χ1) is 18.5. The lowest BCUT2D eigenvalue weighted by Gasteiger charge is -2.35. The highest BCUT2D eigenvalue weighted by molar-refractivity contribution is 7.19. The maximum absolute atomic E-state index is 13.9. The van der Waals surface area contributed by atoms with Gasteiger partial charge in [0.15, 0.2) is 17.3 Å². The van der Waals surface area contributed by atoms with E-state index in [0.717, 1.165) is 21.3 Å². The van der Waals surface area contributed by atoms with Gasteiger partial charge in [-0.2, -0.15) is 13.2 Å². The molecule has 1 atom stereocenters. The number of hydrogen-bond donors (Lipinski definition) is 2. The van der Waals surface area contributed by atoms with Crippen molar-refractivity contribution in [3.8, 4) is 11.4 Å². The number of halogens is 3. The molecule has 0 spiro atoms. The number of carbonyl (C=O) groups is 1. The molecule has 15 heteroatoms. The van der Waals surface area contributed by atoms with Gasteiger partial charge in [-0.15, -0.1) is 11.3 Å². The second-order valence-electron chi connectivity index (χ2n) is 9.56. The van der Waals surface area contributed by atoms with E-state index < -0.39 is 23.9 Å². The number of nitrogens with two attached hydrogens (primary N) is 1. The molecule has 1 amide bonds. The molecule has 0 aliphatic carbocycles. The lowest BCUT2D eigenvalue weighted by molar-refractivity contribution is -0.141. The SMILES string of the molecule is Cc1c(CN2CCN(C(=O)C(C)O)CC2)sc2c(N3CCOCC3)nc(-c3cnc(N)nc3C(F)(F)F)nc12. The molecule has 11 nitrogen and oxygen atoms in total. The Bertz CT molecular complexity index is 1370. The third-order valence-electron chi connectivity index (χ3n) is 6.88. The summed E-state index contributed by atoms with van der Waals surface area (Å²) >= 11 is 1.52. The lowest BCUT2D eigenvalue weighted by atomic mass is 10.1. The summed E-state index contributed by atoms with van der Waals surface area (Å²) in [7, 11) is 0. The van der Waals surface area contributed by atoms with Crippen molar-refractivity contribution < 1.29 is 27.8 Å². The Morgan fingerprint density at radius 1 is 1.15 bits per heavy atom. The minimum atomic E-state index is -4.77. The zero-order chi connectivity index (χ0) is 27.9. The molecule has 0 bridgehead atoms. The molecule has 1 unspecified atom stereocenters. The first kappa shape index (κ1) is 27.4. The van der Waals surface area contributed by atoms with Gasteiger partial charge in [0, 0.05) is 56.9 Å². The average Bonchev–Trinajstić information content (AvgIpc) is 3.23. The fourth-order valence-corrected chi connectivity index (χ4v) is 6.05. The van der Waals surface area contributed by atoms with E-state index in [1.54, 1.807) is 4.90 Å². The van der Waals surface area contributed by atoms with Crippen LogP contribution in [-0.4, -0.2) is 99.3 Å². The summed E-state index contributed by atoms with van der Waals surface area (Å²) in [5.41, 5.74) is 5.40. The smallest absolute Gasteiger partial charge is 0.384 e. The minimum Gasteiger partial charge on any atom is -0.384 e. The average molecular weight is 567 g/mol. The summed E-state index contributed by atoms with van der Waals surface area (Å²) in [6, 6.07) is 0. The fourth-order valence-electron chi connectivity index (χ4n) is 4.75. The molecule has 5 heterocycles. The first-order valence-electron chi connectivity index (χ1n) is 12.5. The normalized spacial score (nSPS) is 18.1. The zero-order valence-electron chi connectivity index (χ0n) is 21.5. The fraction of sp³-hybridized carbons (Fsp3) is 0.542. The number of rotatable bonds is 5. The molecular weight excluding hydrogens is 537 g/mol. The number of thiophene rings is 1. The van der Waals surface area contributed by atoms with Gasteiger partial charge in [0.05, 0.1) is 29.0 Å².